The summed E-state index contributed by atoms with van der Waals surface area (Å²) in [5.74, 6) is 0. The average molecular weight is 297 g/mol. The zero-order chi connectivity index (χ0) is 13.5. The fourth-order valence-corrected chi connectivity index (χ4v) is 4.52. The van der Waals surface area contributed by atoms with Crippen LogP contribution in [0.4, 0.5) is 0 Å². The predicted octanol–water partition coefficient (Wildman–Crippen LogP) is 2.67. The highest BCUT2D eigenvalue weighted by molar-refractivity contribution is 7.89. The van der Waals surface area contributed by atoms with Crippen LogP contribution in [0.5, 0.6) is 0 Å². The van der Waals surface area contributed by atoms with Gasteiger partial charge in [0.2, 0.25) is 10.0 Å². The Hall–Kier alpha value is -1.17. The monoisotopic (exact) mass is 296 g/mol. The van der Waals surface area contributed by atoms with Gasteiger partial charge in [0.25, 0.3) is 0 Å². The van der Waals surface area contributed by atoms with E-state index in [1.807, 2.05) is 6.07 Å². The highest BCUT2D eigenvalue weighted by atomic mass is 35.5. The van der Waals surface area contributed by atoms with Crippen LogP contribution in [0.15, 0.2) is 35.5 Å². The molecular formula is C13H13ClN2O2S. The summed E-state index contributed by atoms with van der Waals surface area (Å²) in [7, 11) is -3.47. The first kappa shape index (κ1) is 12.8. The van der Waals surface area contributed by atoms with Crippen LogP contribution < -0.4 is 0 Å². The van der Waals surface area contributed by atoms with E-state index in [-0.39, 0.29) is 4.90 Å². The summed E-state index contributed by atoms with van der Waals surface area (Å²) in [6.07, 6.45) is 4.94. The van der Waals surface area contributed by atoms with E-state index < -0.39 is 10.0 Å². The molecule has 1 saturated heterocycles. The topological polar surface area (TPSA) is 50.3 Å². The minimum atomic E-state index is -3.47. The SMILES string of the molecule is O=S(=O)(c1cccc2cncc(Cl)c12)N1CCCC1. The predicted molar refractivity (Wildman–Crippen MR) is 74.7 cm³/mol. The summed E-state index contributed by atoms with van der Waals surface area (Å²) in [5.41, 5.74) is 0. The van der Waals surface area contributed by atoms with Gasteiger partial charge in [-0.1, -0.05) is 23.7 Å². The zero-order valence-corrected chi connectivity index (χ0v) is 11.8. The molecule has 6 heteroatoms. The number of rotatable bonds is 2. The van der Waals surface area contributed by atoms with Crippen LogP contribution in [0.1, 0.15) is 12.8 Å². The van der Waals surface area contributed by atoms with Crippen LogP contribution in [-0.4, -0.2) is 30.8 Å². The van der Waals surface area contributed by atoms with Crippen molar-refractivity contribution in [3.8, 4) is 0 Å². The maximum Gasteiger partial charge on any atom is 0.243 e. The summed E-state index contributed by atoms with van der Waals surface area (Å²) in [6, 6.07) is 5.16. The Labute approximate surface area is 117 Å². The number of pyridine rings is 1. The Bertz CT molecular complexity index is 719. The number of aromatic nitrogens is 1. The minimum absolute atomic E-state index is 0.277. The van der Waals surface area contributed by atoms with Crippen molar-refractivity contribution in [1.29, 1.82) is 0 Å². The molecule has 1 fully saturated rings. The van der Waals surface area contributed by atoms with E-state index in [4.69, 9.17) is 11.6 Å². The van der Waals surface area contributed by atoms with Crippen LogP contribution >= 0.6 is 11.6 Å². The maximum absolute atomic E-state index is 12.6. The van der Waals surface area contributed by atoms with Crippen LogP contribution in [-0.2, 0) is 10.0 Å². The lowest BCUT2D eigenvalue weighted by molar-refractivity contribution is 0.478. The summed E-state index contributed by atoms with van der Waals surface area (Å²) >= 11 is 6.13. The van der Waals surface area contributed by atoms with Crippen LogP contribution in [0.25, 0.3) is 10.8 Å². The molecule has 1 aliphatic heterocycles. The normalized spacial score (nSPS) is 17.1. The summed E-state index contributed by atoms with van der Waals surface area (Å²) in [4.78, 5) is 4.27. The molecule has 0 bridgehead atoms. The van der Waals surface area contributed by atoms with Crippen molar-refractivity contribution in [1.82, 2.24) is 9.29 Å². The highest BCUT2D eigenvalue weighted by Crippen LogP contribution is 2.31. The second kappa shape index (κ2) is 4.74. The molecule has 1 aromatic heterocycles. The first-order valence-electron chi connectivity index (χ1n) is 6.13. The number of hydrogen-bond donors (Lipinski definition) is 0. The van der Waals surface area contributed by atoms with Crippen LogP contribution in [0, 0.1) is 0 Å². The molecule has 2 heterocycles. The third-order valence-electron chi connectivity index (χ3n) is 3.38. The number of halogens is 1. The van der Waals surface area contributed by atoms with E-state index in [0.29, 0.717) is 23.5 Å². The maximum atomic E-state index is 12.6. The minimum Gasteiger partial charge on any atom is -0.263 e. The number of fused-ring (bicyclic) bond motifs is 1. The molecule has 1 aliphatic rings. The van der Waals surface area contributed by atoms with E-state index in [1.54, 1.807) is 18.3 Å². The Kier molecular flexibility index (Phi) is 3.20. The third kappa shape index (κ3) is 2.12. The molecule has 1 aromatic carbocycles. The lowest BCUT2D eigenvalue weighted by Crippen LogP contribution is -2.28. The molecule has 4 nitrogen and oxygen atoms in total. The largest absolute Gasteiger partial charge is 0.263 e. The highest BCUT2D eigenvalue weighted by Gasteiger charge is 2.29. The summed E-state index contributed by atoms with van der Waals surface area (Å²) < 4.78 is 26.8. The second-order valence-electron chi connectivity index (χ2n) is 4.59. The molecule has 0 amide bonds. The first-order chi connectivity index (χ1) is 9.10. The Morgan fingerprint density at radius 1 is 1.16 bits per heavy atom. The van der Waals surface area contributed by atoms with E-state index in [1.165, 1.54) is 10.5 Å². The van der Waals surface area contributed by atoms with Gasteiger partial charge in [-0.15, -0.1) is 0 Å². The van der Waals surface area contributed by atoms with E-state index in [2.05, 4.69) is 4.98 Å². The van der Waals surface area contributed by atoms with Crippen LogP contribution in [0.2, 0.25) is 5.02 Å². The van der Waals surface area contributed by atoms with Gasteiger partial charge < -0.3 is 0 Å². The van der Waals surface area contributed by atoms with Crippen molar-refractivity contribution in [2.24, 2.45) is 0 Å². The molecule has 3 rings (SSSR count). The van der Waals surface area contributed by atoms with Gasteiger partial charge in [-0.25, -0.2) is 8.42 Å². The fraction of sp³-hybridized carbons (Fsp3) is 0.308. The lowest BCUT2D eigenvalue weighted by Gasteiger charge is -2.17. The first-order valence-corrected chi connectivity index (χ1v) is 7.95. The van der Waals surface area contributed by atoms with Crippen LogP contribution in [0.3, 0.4) is 0 Å². The lowest BCUT2D eigenvalue weighted by atomic mass is 10.2. The molecule has 100 valence electrons. The molecular weight excluding hydrogens is 284 g/mol. The van der Waals surface area contributed by atoms with Gasteiger partial charge >= 0.3 is 0 Å². The Morgan fingerprint density at radius 2 is 1.89 bits per heavy atom. The van der Waals surface area contributed by atoms with Crippen molar-refractivity contribution in [2.75, 3.05) is 13.1 Å². The number of benzene rings is 1. The van der Waals surface area contributed by atoms with Crippen molar-refractivity contribution in [3.63, 3.8) is 0 Å². The van der Waals surface area contributed by atoms with Gasteiger partial charge in [0.05, 0.1) is 9.92 Å². The second-order valence-corrected chi connectivity index (χ2v) is 6.90. The molecule has 0 spiro atoms. The van der Waals surface area contributed by atoms with Gasteiger partial charge in [0, 0.05) is 36.3 Å². The van der Waals surface area contributed by atoms with E-state index in [9.17, 15) is 8.42 Å². The summed E-state index contributed by atoms with van der Waals surface area (Å²) in [6.45, 7) is 1.17. The summed E-state index contributed by atoms with van der Waals surface area (Å²) in [5, 5.41) is 1.68. The van der Waals surface area contributed by atoms with Gasteiger partial charge in [0.15, 0.2) is 0 Å². The van der Waals surface area contributed by atoms with Crippen molar-refractivity contribution < 1.29 is 8.42 Å². The molecule has 19 heavy (non-hydrogen) atoms. The standard InChI is InChI=1S/C13H13ClN2O2S/c14-11-9-15-8-10-4-3-5-12(13(10)11)19(17,18)16-6-1-2-7-16/h3-5,8-9H,1-2,6-7H2. The van der Waals surface area contributed by atoms with Gasteiger partial charge in [-0.3, -0.25) is 4.98 Å². The van der Waals surface area contributed by atoms with Crippen molar-refractivity contribution >= 4 is 32.4 Å². The molecule has 2 aromatic rings. The van der Waals surface area contributed by atoms with E-state index >= 15 is 0 Å². The molecule has 0 atom stereocenters. The van der Waals surface area contributed by atoms with Crippen molar-refractivity contribution in [2.45, 2.75) is 17.7 Å². The molecule has 0 radical (unpaired) electrons. The smallest absolute Gasteiger partial charge is 0.243 e. The fourth-order valence-electron chi connectivity index (χ4n) is 2.44. The quantitative estimate of drug-likeness (QED) is 0.856. The van der Waals surface area contributed by atoms with Gasteiger partial charge in [0.1, 0.15) is 0 Å². The van der Waals surface area contributed by atoms with Crippen molar-refractivity contribution in [3.05, 3.63) is 35.6 Å². The van der Waals surface area contributed by atoms with E-state index in [0.717, 1.165) is 18.2 Å². The average Bonchev–Trinajstić information content (AvgIpc) is 2.93. The number of hydrogen-bond acceptors (Lipinski definition) is 3. The molecule has 0 N–H and O–H groups in total. The molecule has 0 aliphatic carbocycles. The third-order valence-corrected chi connectivity index (χ3v) is 5.61. The number of sulfonamides is 1. The zero-order valence-electron chi connectivity index (χ0n) is 10.2. The Balaban J connectivity index is 2.25. The van der Waals surface area contributed by atoms with Gasteiger partial charge in [-0.05, 0) is 18.9 Å². The Morgan fingerprint density at radius 3 is 2.63 bits per heavy atom. The molecule has 0 unspecified atom stereocenters. The number of nitrogens with zero attached hydrogens (tertiary/aromatic N) is 2. The molecule has 0 saturated carbocycles. The van der Waals surface area contributed by atoms with Gasteiger partial charge in [-0.2, -0.15) is 4.31 Å².